The van der Waals surface area contributed by atoms with Crippen LogP contribution in [0.4, 0.5) is 0 Å². The Labute approximate surface area is 146 Å². The fourth-order valence-electron chi connectivity index (χ4n) is 2.01. The van der Waals surface area contributed by atoms with Crippen LogP contribution >= 0.6 is 11.6 Å². The Bertz CT molecular complexity index is 759. The molecular formula is C19H18ClN3O. The molecule has 0 bridgehead atoms. The number of halogens is 1. The smallest absolute Gasteiger partial charge is 0.263 e. The van der Waals surface area contributed by atoms with E-state index in [9.17, 15) is 4.79 Å². The molecule has 0 atom stereocenters. The van der Waals surface area contributed by atoms with E-state index in [2.05, 4.69) is 10.6 Å². The molecule has 0 heterocycles. The average Bonchev–Trinajstić information content (AvgIpc) is 2.59. The molecule has 0 unspecified atom stereocenters. The van der Waals surface area contributed by atoms with E-state index >= 15 is 0 Å². The number of hydrogen-bond donors (Lipinski definition) is 2. The first-order valence-electron chi connectivity index (χ1n) is 7.50. The summed E-state index contributed by atoms with van der Waals surface area (Å²) in [5.41, 5.74) is 3.22. The molecule has 0 fully saturated rings. The van der Waals surface area contributed by atoms with Crippen molar-refractivity contribution in [3.05, 3.63) is 82.0 Å². The molecule has 2 aromatic rings. The van der Waals surface area contributed by atoms with E-state index in [0.717, 1.165) is 11.1 Å². The third-order valence-corrected chi connectivity index (χ3v) is 3.66. The molecule has 0 spiro atoms. The minimum atomic E-state index is -0.413. The van der Waals surface area contributed by atoms with Gasteiger partial charge in [-0.3, -0.25) is 4.79 Å². The van der Waals surface area contributed by atoms with E-state index in [0.29, 0.717) is 18.1 Å². The number of carbonyl (C=O) groups excluding carboxylic acids is 1. The Morgan fingerprint density at radius 1 is 1.08 bits per heavy atom. The third-order valence-electron chi connectivity index (χ3n) is 3.40. The van der Waals surface area contributed by atoms with Gasteiger partial charge in [-0.1, -0.05) is 53.6 Å². The van der Waals surface area contributed by atoms with Gasteiger partial charge in [-0.25, -0.2) is 0 Å². The summed E-state index contributed by atoms with van der Waals surface area (Å²) in [4.78, 5) is 12.0. The van der Waals surface area contributed by atoms with Crippen molar-refractivity contribution < 1.29 is 4.79 Å². The van der Waals surface area contributed by atoms with Crippen molar-refractivity contribution in [2.75, 3.05) is 0 Å². The lowest BCUT2D eigenvalue weighted by Crippen LogP contribution is -2.25. The quantitative estimate of drug-likeness (QED) is 0.625. The van der Waals surface area contributed by atoms with Crippen molar-refractivity contribution >= 4 is 17.5 Å². The highest BCUT2D eigenvalue weighted by molar-refractivity contribution is 6.30. The number of amides is 1. The van der Waals surface area contributed by atoms with Crippen LogP contribution in [-0.2, 0) is 17.9 Å². The highest BCUT2D eigenvalue weighted by atomic mass is 35.5. The highest BCUT2D eigenvalue weighted by Gasteiger charge is 2.08. The third kappa shape index (κ3) is 5.45. The van der Waals surface area contributed by atoms with Crippen LogP contribution in [0, 0.1) is 18.3 Å². The number of hydrogen-bond acceptors (Lipinski definition) is 3. The maximum absolute atomic E-state index is 12.0. The van der Waals surface area contributed by atoms with E-state index in [-0.39, 0.29) is 5.57 Å². The van der Waals surface area contributed by atoms with Crippen LogP contribution in [-0.4, -0.2) is 5.91 Å². The Morgan fingerprint density at radius 3 is 2.29 bits per heavy atom. The molecule has 0 aliphatic rings. The van der Waals surface area contributed by atoms with Gasteiger partial charge in [0.15, 0.2) is 0 Å². The lowest BCUT2D eigenvalue weighted by Gasteiger charge is -2.06. The fraction of sp³-hybridized carbons (Fsp3) is 0.158. The molecule has 5 heteroatoms. The molecule has 0 saturated carbocycles. The van der Waals surface area contributed by atoms with E-state index < -0.39 is 5.91 Å². The van der Waals surface area contributed by atoms with Crippen LogP contribution in [0.25, 0.3) is 0 Å². The first-order valence-corrected chi connectivity index (χ1v) is 7.88. The summed E-state index contributed by atoms with van der Waals surface area (Å²) < 4.78 is 0. The van der Waals surface area contributed by atoms with Gasteiger partial charge in [0.05, 0.1) is 0 Å². The van der Waals surface area contributed by atoms with E-state index in [4.69, 9.17) is 16.9 Å². The lowest BCUT2D eigenvalue weighted by molar-refractivity contribution is -0.117. The zero-order valence-electron chi connectivity index (χ0n) is 13.3. The second-order valence-corrected chi connectivity index (χ2v) is 5.78. The molecule has 0 aromatic heterocycles. The summed E-state index contributed by atoms with van der Waals surface area (Å²) in [5, 5.41) is 15.5. The van der Waals surface area contributed by atoms with Crippen LogP contribution in [0.5, 0.6) is 0 Å². The van der Waals surface area contributed by atoms with Crippen LogP contribution in [0.15, 0.2) is 60.3 Å². The highest BCUT2D eigenvalue weighted by Crippen LogP contribution is 2.09. The number of rotatable bonds is 6. The summed E-state index contributed by atoms with van der Waals surface area (Å²) >= 11 is 5.82. The summed E-state index contributed by atoms with van der Waals surface area (Å²) in [5.74, 6) is -0.413. The molecule has 1 amide bonds. The first-order chi connectivity index (χ1) is 11.6. The summed E-state index contributed by atoms with van der Waals surface area (Å²) in [6, 6.07) is 17.1. The van der Waals surface area contributed by atoms with Gasteiger partial charge in [-0.2, -0.15) is 5.26 Å². The molecule has 2 aromatic carbocycles. The van der Waals surface area contributed by atoms with Crippen molar-refractivity contribution in [3.8, 4) is 6.07 Å². The van der Waals surface area contributed by atoms with E-state index in [1.165, 1.54) is 11.8 Å². The van der Waals surface area contributed by atoms with Gasteiger partial charge in [0.25, 0.3) is 5.91 Å². The molecule has 0 saturated heterocycles. The molecule has 0 aliphatic heterocycles. The Kier molecular flexibility index (Phi) is 6.41. The zero-order chi connectivity index (χ0) is 17.4. The van der Waals surface area contributed by atoms with Gasteiger partial charge < -0.3 is 10.6 Å². The van der Waals surface area contributed by atoms with Crippen molar-refractivity contribution in [2.24, 2.45) is 0 Å². The maximum Gasteiger partial charge on any atom is 0.263 e. The van der Waals surface area contributed by atoms with Crippen molar-refractivity contribution in [3.63, 3.8) is 0 Å². The molecule has 0 aliphatic carbocycles. The van der Waals surface area contributed by atoms with E-state index in [1.54, 1.807) is 12.1 Å². The fourth-order valence-corrected chi connectivity index (χ4v) is 2.13. The minimum absolute atomic E-state index is 0.0380. The van der Waals surface area contributed by atoms with Gasteiger partial charge >= 0.3 is 0 Å². The molecule has 4 nitrogen and oxygen atoms in total. The number of aryl methyl sites for hydroxylation is 1. The van der Waals surface area contributed by atoms with E-state index in [1.807, 2.05) is 49.4 Å². The first kappa shape index (κ1) is 17.6. The molecular weight excluding hydrogens is 322 g/mol. The van der Waals surface area contributed by atoms with Crippen LogP contribution in [0.3, 0.4) is 0 Å². The Hall–Kier alpha value is -2.77. The number of nitrogens with zero attached hydrogens (tertiary/aromatic N) is 1. The SMILES string of the molecule is Cc1ccc(CN/C=C(/C#N)C(=O)NCc2ccc(Cl)cc2)cc1. The molecule has 2 rings (SSSR count). The maximum atomic E-state index is 12.0. The van der Waals surface area contributed by atoms with Gasteiger partial charge in [0.2, 0.25) is 0 Å². The molecule has 0 radical (unpaired) electrons. The van der Waals surface area contributed by atoms with Crippen LogP contribution < -0.4 is 10.6 Å². The Morgan fingerprint density at radius 2 is 1.67 bits per heavy atom. The number of nitriles is 1. The second-order valence-electron chi connectivity index (χ2n) is 5.35. The van der Waals surface area contributed by atoms with Gasteiger partial charge in [0, 0.05) is 24.3 Å². The van der Waals surface area contributed by atoms with Crippen molar-refractivity contribution in [1.29, 1.82) is 5.26 Å². The number of nitrogens with one attached hydrogen (secondary N) is 2. The summed E-state index contributed by atoms with van der Waals surface area (Å²) in [7, 11) is 0. The number of benzene rings is 2. The minimum Gasteiger partial charge on any atom is -0.386 e. The summed E-state index contributed by atoms with van der Waals surface area (Å²) in [6.45, 7) is 2.92. The zero-order valence-corrected chi connectivity index (χ0v) is 14.1. The van der Waals surface area contributed by atoms with Gasteiger partial charge in [0.1, 0.15) is 11.6 Å². The van der Waals surface area contributed by atoms with Crippen LogP contribution in [0.2, 0.25) is 5.02 Å². The van der Waals surface area contributed by atoms with Gasteiger partial charge in [-0.05, 0) is 30.2 Å². The predicted octanol–water partition coefficient (Wildman–Crippen LogP) is 3.46. The number of carbonyl (C=O) groups is 1. The lowest BCUT2D eigenvalue weighted by atomic mass is 10.1. The predicted molar refractivity (Wildman–Crippen MR) is 95.0 cm³/mol. The second kappa shape index (κ2) is 8.76. The Balaban J connectivity index is 1.87. The van der Waals surface area contributed by atoms with Crippen molar-refractivity contribution in [1.82, 2.24) is 10.6 Å². The average molecular weight is 340 g/mol. The monoisotopic (exact) mass is 339 g/mol. The molecule has 122 valence electrons. The molecule has 2 N–H and O–H groups in total. The van der Waals surface area contributed by atoms with Gasteiger partial charge in [-0.15, -0.1) is 0 Å². The van der Waals surface area contributed by atoms with Crippen LogP contribution in [0.1, 0.15) is 16.7 Å². The standard InChI is InChI=1S/C19H18ClN3O/c1-14-2-4-15(5-3-14)11-22-13-17(10-21)19(24)23-12-16-6-8-18(20)9-7-16/h2-9,13,22H,11-12H2,1H3,(H,23,24)/b17-13-. The topological polar surface area (TPSA) is 64.9 Å². The largest absolute Gasteiger partial charge is 0.386 e. The molecule has 24 heavy (non-hydrogen) atoms. The van der Waals surface area contributed by atoms with Crippen molar-refractivity contribution in [2.45, 2.75) is 20.0 Å². The normalized spacial score (nSPS) is 10.8. The summed E-state index contributed by atoms with van der Waals surface area (Å²) in [6.07, 6.45) is 1.44.